The van der Waals surface area contributed by atoms with Crippen LogP contribution < -0.4 is 10.6 Å². The average Bonchev–Trinajstić information content (AvgIpc) is 2.88. The van der Waals surface area contributed by atoms with Gasteiger partial charge in [0, 0.05) is 9.35 Å². The summed E-state index contributed by atoms with van der Waals surface area (Å²) in [5.41, 5.74) is 1.86. The van der Waals surface area contributed by atoms with Gasteiger partial charge in [-0.05, 0) is 53.0 Å². The number of anilines is 1. The minimum atomic E-state index is -0.260. The highest BCUT2D eigenvalue weighted by Crippen LogP contribution is 2.22. The Kier molecular flexibility index (Phi) is 5.74. The minimum absolute atomic E-state index is 0.0570. The van der Waals surface area contributed by atoms with E-state index in [0.29, 0.717) is 10.6 Å². The lowest BCUT2D eigenvalue weighted by molar-refractivity contribution is -0.115. The van der Waals surface area contributed by atoms with Crippen molar-refractivity contribution in [2.45, 2.75) is 20.3 Å². The topological polar surface area (TPSA) is 58.2 Å². The molecule has 0 atom stereocenters. The summed E-state index contributed by atoms with van der Waals surface area (Å²) in [7, 11) is 0. The van der Waals surface area contributed by atoms with Crippen LogP contribution in [-0.4, -0.2) is 18.4 Å². The zero-order chi connectivity index (χ0) is 16.1. The molecule has 2 N–H and O–H groups in total. The van der Waals surface area contributed by atoms with Gasteiger partial charge >= 0.3 is 0 Å². The van der Waals surface area contributed by atoms with Crippen LogP contribution in [0.25, 0.3) is 0 Å². The summed E-state index contributed by atoms with van der Waals surface area (Å²) in [6.07, 6.45) is 0.901. The molecule has 1 aromatic heterocycles. The summed E-state index contributed by atoms with van der Waals surface area (Å²) < 4.78 is 0.802. The molecular formula is C16H17BrN2O2S. The molecule has 0 radical (unpaired) electrons. The van der Waals surface area contributed by atoms with Gasteiger partial charge in [-0.1, -0.05) is 19.1 Å². The van der Waals surface area contributed by atoms with E-state index in [1.54, 1.807) is 6.07 Å². The number of aryl methyl sites for hydroxylation is 2. The van der Waals surface area contributed by atoms with E-state index in [0.717, 1.165) is 15.8 Å². The maximum Gasteiger partial charge on any atom is 0.261 e. The van der Waals surface area contributed by atoms with Gasteiger partial charge in [0.25, 0.3) is 5.91 Å². The van der Waals surface area contributed by atoms with E-state index in [-0.39, 0.29) is 18.4 Å². The quantitative estimate of drug-likeness (QED) is 0.829. The fraction of sp³-hybridized carbons (Fsp3) is 0.250. The number of nitrogens with one attached hydrogen (secondary N) is 2. The van der Waals surface area contributed by atoms with E-state index in [2.05, 4.69) is 33.5 Å². The van der Waals surface area contributed by atoms with Crippen LogP contribution in [0.3, 0.4) is 0 Å². The first-order valence-corrected chi connectivity index (χ1v) is 8.54. The van der Waals surface area contributed by atoms with Crippen LogP contribution in [0.4, 0.5) is 5.69 Å². The van der Waals surface area contributed by atoms with Crippen molar-refractivity contribution in [3.05, 3.63) is 50.1 Å². The second-order valence-electron chi connectivity index (χ2n) is 4.76. The molecule has 22 heavy (non-hydrogen) atoms. The molecule has 0 aliphatic heterocycles. The third kappa shape index (κ3) is 4.18. The van der Waals surface area contributed by atoms with Gasteiger partial charge in [0.1, 0.15) is 0 Å². The number of carbonyl (C=O) groups is 2. The number of para-hydroxylation sites is 1. The first kappa shape index (κ1) is 16.7. The predicted molar refractivity (Wildman–Crippen MR) is 93.5 cm³/mol. The fourth-order valence-corrected chi connectivity index (χ4v) is 3.40. The van der Waals surface area contributed by atoms with E-state index >= 15 is 0 Å². The molecule has 2 amide bonds. The van der Waals surface area contributed by atoms with Crippen LogP contribution in [0.5, 0.6) is 0 Å². The van der Waals surface area contributed by atoms with E-state index in [1.165, 1.54) is 16.9 Å². The molecule has 0 bridgehead atoms. The lowest BCUT2D eigenvalue weighted by Crippen LogP contribution is -2.32. The SMILES string of the molecule is CCc1cc(C(=O)NCC(=O)Nc2ccccc2Br)sc1C. The smallest absolute Gasteiger partial charge is 0.261 e. The Hall–Kier alpha value is -1.66. The minimum Gasteiger partial charge on any atom is -0.342 e. The number of carbonyl (C=O) groups excluding carboxylic acids is 2. The Labute approximate surface area is 142 Å². The monoisotopic (exact) mass is 380 g/mol. The van der Waals surface area contributed by atoms with E-state index in [4.69, 9.17) is 0 Å². The zero-order valence-corrected chi connectivity index (χ0v) is 14.8. The predicted octanol–water partition coefficient (Wildman–Crippen LogP) is 3.75. The molecule has 6 heteroatoms. The maximum atomic E-state index is 12.1. The van der Waals surface area contributed by atoms with Crippen molar-refractivity contribution in [2.75, 3.05) is 11.9 Å². The number of halogens is 1. The number of rotatable bonds is 5. The molecule has 1 aromatic carbocycles. The van der Waals surface area contributed by atoms with Crippen molar-refractivity contribution in [2.24, 2.45) is 0 Å². The number of thiophene rings is 1. The van der Waals surface area contributed by atoms with Gasteiger partial charge in [0.05, 0.1) is 17.1 Å². The second-order valence-corrected chi connectivity index (χ2v) is 6.87. The van der Waals surface area contributed by atoms with Gasteiger partial charge in [-0.25, -0.2) is 0 Å². The van der Waals surface area contributed by atoms with Crippen molar-refractivity contribution in [1.82, 2.24) is 5.32 Å². The second kappa shape index (κ2) is 7.56. The lowest BCUT2D eigenvalue weighted by atomic mass is 10.2. The van der Waals surface area contributed by atoms with E-state index in [1.807, 2.05) is 31.2 Å². The molecule has 116 valence electrons. The van der Waals surface area contributed by atoms with E-state index < -0.39 is 0 Å². The molecule has 0 saturated carbocycles. The average molecular weight is 381 g/mol. The number of hydrogen-bond donors (Lipinski definition) is 2. The molecule has 2 rings (SSSR count). The number of hydrogen-bond acceptors (Lipinski definition) is 3. The molecule has 4 nitrogen and oxygen atoms in total. The molecule has 2 aromatic rings. The number of benzene rings is 1. The lowest BCUT2D eigenvalue weighted by Gasteiger charge is -2.07. The Balaban J connectivity index is 1.90. The Morgan fingerprint density at radius 2 is 2.00 bits per heavy atom. The Morgan fingerprint density at radius 3 is 2.64 bits per heavy atom. The van der Waals surface area contributed by atoms with Crippen LogP contribution in [0.1, 0.15) is 27.0 Å². The summed E-state index contributed by atoms with van der Waals surface area (Å²) in [4.78, 5) is 25.7. The van der Waals surface area contributed by atoms with Crippen molar-refractivity contribution < 1.29 is 9.59 Å². The highest BCUT2D eigenvalue weighted by atomic mass is 79.9. The molecule has 0 aliphatic rings. The number of amides is 2. The third-order valence-electron chi connectivity index (χ3n) is 3.18. The molecular weight excluding hydrogens is 364 g/mol. The van der Waals surface area contributed by atoms with Crippen LogP contribution in [0.15, 0.2) is 34.8 Å². The zero-order valence-electron chi connectivity index (χ0n) is 12.4. The third-order valence-corrected chi connectivity index (χ3v) is 4.97. The van der Waals surface area contributed by atoms with Crippen molar-refractivity contribution in [3.8, 4) is 0 Å². The molecule has 0 spiro atoms. The van der Waals surface area contributed by atoms with Gasteiger partial charge in [-0.2, -0.15) is 0 Å². The molecule has 0 aliphatic carbocycles. The molecule has 0 fully saturated rings. The first-order valence-electron chi connectivity index (χ1n) is 6.93. The van der Waals surface area contributed by atoms with Gasteiger partial charge in [-0.3, -0.25) is 9.59 Å². The Bertz CT molecular complexity index is 697. The molecule has 1 heterocycles. The van der Waals surface area contributed by atoms with Gasteiger partial charge in [0.15, 0.2) is 0 Å². The molecule has 0 saturated heterocycles. The summed E-state index contributed by atoms with van der Waals surface area (Å²) in [6.45, 7) is 4.00. The van der Waals surface area contributed by atoms with Crippen LogP contribution >= 0.6 is 27.3 Å². The van der Waals surface area contributed by atoms with Crippen LogP contribution in [0.2, 0.25) is 0 Å². The molecule has 0 unspecified atom stereocenters. The van der Waals surface area contributed by atoms with Crippen molar-refractivity contribution in [1.29, 1.82) is 0 Å². The van der Waals surface area contributed by atoms with Crippen molar-refractivity contribution in [3.63, 3.8) is 0 Å². The van der Waals surface area contributed by atoms with Gasteiger partial charge < -0.3 is 10.6 Å². The van der Waals surface area contributed by atoms with Crippen LogP contribution in [0, 0.1) is 6.92 Å². The maximum absolute atomic E-state index is 12.1. The van der Waals surface area contributed by atoms with Gasteiger partial charge in [-0.15, -0.1) is 11.3 Å². The highest BCUT2D eigenvalue weighted by Gasteiger charge is 2.13. The fourth-order valence-electron chi connectivity index (χ4n) is 1.99. The summed E-state index contributed by atoms with van der Waals surface area (Å²) in [6, 6.07) is 9.22. The van der Waals surface area contributed by atoms with E-state index in [9.17, 15) is 9.59 Å². The summed E-state index contributed by atoms with van der Waals surface area (Å²) >= 11 is 4.81. The normalized spacial score (nSPS) is 10.3. The summed E-state index contributed by atoms with van der Waals surface area (Å²) in [5.74, 6) is -0.473. The largest absolute Gasteiger partial charge is 0.342 e. The standard InChI is InChI=1S/C16H17BrN2O2S/c1-3-11-8-14(22-10(11)2)16(21)18-9-15(20)19-13-7-5-4-6-12(13)17/h4-8H,3,9H2,1-2H3,(H,18,21)(H,19,20). The van der Waals surface area contributed by atoms with Gasteiger partial charge in [0.2, 0.25) is 5.91 Å². The van der Waals surface area contributed by atoms with Crippen molar-refractivity contribution >= 4 is 44.8 Å². The first-order chi connectivity index (χ1) is 10.5. The Morgan fingerprint density at radius 1 is 1.27 bits per heavy atom. The van der Waals surface area contributed by atoms with Crippen LogP contribution in [-0.2, 0) is 11.2 Å². The highest BCUT2D eigenvalue weighted by molar-refractivity contribution is 9.10. The summed E-state index contributed by atoms with van der Waals surface area (Å²) in [5, 5.41) is 5.39.